The maximum atomic E-state index is 13.1. The molecule has 0 radical (unpaired) electrons. The summed E-state index contributed by atoms with van der Waals surface area (Å²) in [6, 6.07) is 15.6. The van der Waals surface area contributed by atoms with E-state index in [4.69, 9.17) is 4.74 Å². The molecule has 6 heteroatoms. The van der Waals surface area contributed by atoms with Gasteiger partial charge in [0.15, 0.2) is 6.04 Å². The molecule has 2 amide bonds. The molecule has 4 rings (SSSR count). The topological polar surface area (TPSA) is 55.5 Å². The first kappa shape index (κ1) is 19.6. The minimum absolute atomic E-state index is 0.100. The number of para-hydroxylation sites is 2. The number of imide groups is 1. The molecule has 2 heterocycles. The Hall–Kier alpha value is -2.70. The lowest BCUT2D eigenvalue weighted by Crippen LogP contribution is -3.29. The number of benzene rings is 2. The second-order valence-corrected chi connectivity index (χ2v) is 8.07. The highest BCUT2D eigenvalue weighted by atomic mass is 16.5. The Morgan fingerprint density at radius 1 is 1.03 bits per heavy atom. The van der Waals surface area contributed by atoms with Crippen LogP contribution >= 0.6 is 0 Å². The number of hydrogen-bond acceptors (Lipinski definition) is 3. The summed E-state index contributed by atoms with van der Waals surface area (Å²) in [6.45, 7) is 6.97. The standard InChI is InChI=1S/C23H27N3O3/c1-17-6-5-7-18(14-17)16-24-10-12-25(13-11-24)20-15-22(27)26(23(20)28)19-8-3-4-9-21(19)29-2/h3-9,14,20H,10-13,15-16H2,1-2H3/p+2/t20-/m1/s1. The number of methoxy groups -OCH3 is 1. The second-order valence-electron chi connectivity index (χ2n) is 8.07. The van der Waals surface area contributed by atoms with E-state index >= 15 is 0 Å². The van der Waals surface area contributed by atoms with E-state index in [2.05, 4.69) is 31.2 Å². The minimum Gasteiger partial charge on any atom is -0.495 e. The number of nitrogens with zero attached hydrogens (tertiary/aromatic N) is 1. The number of rotatable bonds is 5. The number of carbonyl (C=O) groups is 2. The summed E-state index contributed by atoms with van der Waals surface area (Å²) >= 11 is 0. The van der Waals surface area contributed by atoms with Gasteiger partial charge < -0.3 is 14.5 Å². The van der Waals surface area contributed by atoms with Crippen molar-refractivity contribution in [2.45, 2.75) is 25.9 Å². The lowest BCUT2D eigenvalue weighted by atomic mass is 10.1. The van der Waals surface area contributed by atoms with Crippen molar-refractivity contribution in [1.82, 2.24) is 0 Å². The van der Waals surface area contributed by atoms with Crippen molar-refractivity contribution in [3.05, 3.63) is 59.7 Å². The van der Waals surface area contributed by atoms with Gasteiger partial charge in [-0.05, 0) is 19.1 Å². The molecule has 0 bridgehead atoms. The molecule has 2 N–H and O–H groups in total. The number of aryl methyl sites for hydroxylation is 1. The van der Waals surface area contributed by atoms with Crippen LogP contribution in [0.25, 0.3) is 0 Å². The van der Waals surface area contributed by atoms with Gasteiger partial charge in [-0.15, -0.1) is 0 Å². The molecule has 0 aliphatic carbocycles. The first-order valence-corrected chi connectivity index (χ1v) is 10.3. The quantitative estimate of drug-likeness (QED) is 0.679. The number of hydrogen-bond donors (Lipinski definition) is 2. The molecule has 6 nitrogen and oxygen atoms in total. The third-order valence-corrected chi connectivity index (χ3v) is 6.10. The van der Waals surface area contributed by atoms with Crippen molar-refractivity contribution >= 4 is 17.5 Å². The molecule has 0 aromatic heterocycles. The lowest BCUT2D eigenvalue weighted by molar-refractivity contribution is -1.02. The van der Waals surface area contributed by atoms with E-state index in [0.29, 0.717) is 11.4 Å². The first-order valence-electron chi connectivity index (χ1n) is 10.3. The summed E-state index contributed by atoms with van der Waals surface area (Å²) in [5, 5.41) is 0. The summed E-state index contributed by atoms with van der Waals surface area (Å²) in [4.78, 5) is 29.9. The van der Waals surface area contributed by atoms with E-state index in [1.165, 1.54) is 25.8 Å². The Kier molecular flexibility index (Phi) is 5.65. The van der Waals surface area contributed by atoms with Gasteiger partial charge in [-0.25, -0.2) is 4.90 Å². The number of nitrogens with one attached hydrogen (secondary N) is 2. The molecule has 152 valence electrons. The molecule has 0 unspecified atom stereocenters. The third-order valence-electron chi connectivity index (χ3n) is 6.10. The normalized spacial score (nSPS) is 24.8. The predicted octanol–water partition coefficient (Wildman–Crippen LogP) is -0.381. The predicted molar refractivity (Wildman–Crippen MR) is 110 cm³/mol. The van der Waals surface area contributed by atoms with Gasteiger partial charge in [-0.1, -0.05) is 42.0 Å². The van der Waals surface area contributed by atoms with E-state index in [-0.39, 0.29) is 24.3 Å². The molecular weight excluding hydrogens is 366 g/mol. The van der Waals surface area contributed by atoms with Gasteiger partial charge >= 0.3 is 0 Å². The molecule has 2 aromatic carbocycles. The number of quaternary nitrogens is 2. The first-order chi connectivity index (χ1) is 14.1. The molecule has 29 heavy (non-hydrogen) atoms. The Morgan fingerprint density at radius 2 is 1.79 bits per heavy atom. The van der Waals surface area contributed by atoms with Crippen LogP contribution in [0.4, 0.5) is 5.69 Å². The maximum absolute atomic E-state index is 13.1. The summed E-state index contributed by atoms with van der Waals surface area (Å²) in [5.74, 6) is 0.320. The average molecular weight is 396 g/mol. The van der Waals surface area contributed by atoms with Crippen LogP contribution in [0.1, 0.15) is 17.5 Å². The zero-order valence-corrected chi connectivity index (χ0v) is 17.1. The molecule has 2 saturated heterocycles. The van der Waals surface area contributed by atoms with Crippen LogP contribution in [0.5, 0.6) is 5.75 Å². The smallest absolute Gasteiger partial charge is 0.292 e. The number of piperazine rings is 1. The van der Waals surface area contributed by atoms with E-state index < -0.39 is 0 Å². The van der Waals surface area contributed by atoms with Crippen molar-refractivity contribution in [1.29, 1.82) is 0 Å². The van der Waals surface area contributed by atoms with Crippen LogP contribution < -0.4 is 19.4 Å². The van der Waals surface area contributed by atoms with Crippen molar-refractivity contribution < 1.29 is 24.1 Å². The van der Waals surface area contributed by atoms with E-state index in [9.17, 15) is 9.59 Å². The van der Waals surface area contributed by atoms with Gasteiger partial charge in [-0.3, -0.25) is 9.59 Å². The highest BCUT2D eigenvalue weighted by molar-refractivity contribution is 6.22. The van der Waals surface area contributed by atoms with Gasteiger partial charge in [0, 0.05) is 5.56 Å². The van der Waals surface area contributed by atoms with Crippen LogP contribution in [0, 0.1) is 6.92 Å². The number of carbonyl (C=O) groups excluding carboxylic acids is 2. The fourth-order valence-electron chi connectivity index (χ4n) is 4.58. The largest absolute Gasteiger partial charge is 0.495 e. The van der Waals surface area contributed by atoms with Gasteiger partial charge in [0.1, 0.15) is 38.5 Å². The maximum Gasteiger partial charge on any atom is 0.292 e. The SMILES string of the molecule is COc1ccccc1N1C(=O)C[C@@H]([NH+]2CC[NH+](Cc3cccc(C)c3)CC2)C1=O. The number of anilines is 1. The number of amides is 2. The lowest BCUT2D eigenvalue weighted by Gasteiger charge is -2.32. The van der Waals surface area contributed by atoms with Crippen LogP contribution in [0.3, 0.4) is 0 Å². The minimum atomic E-state index is -0.284. The monoisotopic (exact) mass is 395 g/mol. The zero-order chi connectivity index (χ0) is 20.4. The third kappa shape index (κ3) is 4.04. The van der Waals surface area contributed by atoms with Crippen LogP contribution in [0.2, 0.25) is 0 Å². The zero-order valence-electron chi connectivity index (χ0n) is 17.1. The Balaban J connectivity index is 1.40. The van der Waals surface area contributed by atoms with E-state index in [1.54, 1.807) is 19.2 Å². The highest BCUT2D eigenvalue weighted by Crippen LogP contribution is 2.31. The second kappa shape index (κ2) is 8.35. The molecule has 2 aliphatic rings. The van der Waals surface area contributed by atoms with Gasteiger partial charge in [-0.2, -0.15) is 0 Å². The van der Waals surface area contributed by atoms with Crippen LogP contribution in [0.15, 0.2) is 48.5 Å². The van der Waals surface area contributed by atoms with Crippen LogP contribution in [-0.2, 0) is 16.1 Å². The average Bonchev–Trinajstić information content (AvgIpc) is 3.02. The highest BCUT2D eigenvalue weighted by Gasteiger charge is 2.47. The summed E-state index contributed by atoms with van der Waals surface area (Å²) in [5.41, 5.74) is 3.20. The molecule has 2 fully saturated rings. The van der Waals surface area contributed by atoms with E-state index in [0.717, 1.165) is 32.7 Å². The summed E-state index contributed by atoms with van der Waals surface area (Å²) < 4.78 is 5.36. The van der Waals surface area contributed by atoms with Gasteiger partial charge in [0.25, 0.3) is 5.91 Å². The molecular formula is C23H29N3O3+2. The van der Waals surface area contributed by atoms with Crippen molar-refractivity contribution in [2.75, 3.05) is 38.2 Å². The van der Waals surface area contributed by atoms with Crippen molar-refractivity contribution in [2.24, 2.45) is 0 Å². The molecule has 1 atom stereocenters. The fourth-order valence-corrected chi connectivity index (χ4v) is 4.58. The van der Waals surface area contributed by atoms with Gasteiger partial charge in [0.05, 0.1) is 19.2 Å². The summed E-state index contributed by atoms with van der Waals surface area (Å²) in [6.07, 6.45) is 0.277. The van der Waals surface area contributed by atoms with Crippen molar-refractivity contribution in [3.63, 3.8) is 0 Å². The Morgan fingerprint density at radius 3 is 2.52 bits per heavy atom. The molecule has 0 saturated carbocycles. The fraction of sp³-hybridized carbons (Fsp3) is 0.391. The molecule has 2 aliphatic heterocycles. The Labute approximate surface area is 171 Å². The van der Waals surface area contributed by atoms with Gasteiger partial charge in [0.2, 0.25) is 5.91 Å². The molecule has 0 spiro atoms. The number of ether oxygens (including phenoxy) is 1. The van der Waals surface area contributed by atoms with Crippen molar-refractivity contribution in [3.8, 4) is 5.75 Å². The van der Waals surface area contributed by atoms with Crippen LogP contribution in [-0.4, -0.2) is 51.1 Å². The Bertz CT molecular complexity index is 906. The molecule has 2 aromatic rings. The summed E-state index contributed by atoms with van der Waals surface area (Å²) in [7, 11) is 1.56. The van der Waals surface area contributed by atoms with E-state index in [1.807, 2.05) is 12.1 Å².